The highest BCUT2D eigenvalue weighted by molar-refractivity contribution is 5.94. The molecule has 0 atom stereocenters. The largest absolute Gasteiger partial charge is 0.462 e. The molecule has 1 aromatic rings. The highest BCUT2D eigenvalue weighted by atomic mass is 16.6. The number of esters is 1. The maximum absolute atomic E-state index is 11.6. The SMILES string of the molecule is CCOC(=O)c1c(C)cc([N+](=O)[O-])cc1C#N. The number of hydrogen-bond donors (Lipinski definition) is 0. The summed E-state index contributed by atoms with van der Waals surface area (Å²) in [5.74, 6) is -0.642. The number of ether oxygens (including phenoxy) is 1. The van der Waals surface area contributed by atoms with Crippen LogP contribution in [0.5, 0.6) is 0 Å². The van der Waals surface area contributed by atoms with Crippen LogP contribution in [0.3, 0.4) is 0 Å². The van der Waals surface area contributed by atoms with Crippen molar-refractivity contribution in [3.8, 4) is 6.07 Å². The summed E-state index contributed by atoms with van der Waals surface area (Å²) in [6.07, 6.45) is 0. The Balaban J connectivity index is 3.37. The Bertz CT molecular complexity index is 517. The second-order valence-corrected chi connectivity index (χ2v) is 3.27. The van der Waals surface area contributed by atoms with Crippen LogP contribution in [-0.2, 0) is 4.74 Å². The molecule has 1 aromatic carbocycles. The summed E-state index contributed by atoms with van der Waals surface area (Å²) in [7, 11) is 0. The summed E-state index contributed by atoms with van der Waals surface area (Å²) >= 11 is 0. The summed E-state index contributed by atoms with van der Waals surface area (Å²) in [5.41, 5.74) is 0.177. The molecule has 0 aromatic heterocycles. The van der Waals surface area contributed by atoms with Gasteiger partial charge in [-0.25, -0.2) is 4.79 Å². The molecule has 0 unspecified atom stereocenters. The second kappa shape index (κ2) is 5.07. The highest BCUT2D eigenvalue weighted by Crippen LogP contribution is 2.22. The van der Waals surface area contributed by atoms with Gasteiger partial charge in [0, 0.05) is 12.1 Å². The van der Waals surface area contributed by atoms with Crippen LogP contribution in [0.4, 0.5) is 5.69 Å². The summed E-state index contributed by atoms with van der Waals surface area (Å²) in [4.78, 5) is 21.6. The molecular formula is C11H10N2O4. The molecule has 1 rings (SSSR count). The van der Waals surface area contributed by atoms with Crippen LogP contribution >= 0.6 is 0 Å². The van der Waals surface area contributed by atoms with Gasteiger partial charge in [0.2, 0.25) is 0 Å². The third-order valence-corrected chi connectivity index (χ3v) is 2.13. The Morgan fingerprint density at radius 1 is 1.59 bits per heavy atom. The normalized spacial score (nSPS) is 9.47. The maximum Gasteiger partial charge on any atom is 0.339 e. The molecule has 0 aliphatic carbocycles. The third kappa shape index (κ3) is 2.58. The van der Waals surface area contributed by atoms with E-state index in [4.69, 9.17) is 10.00 Å². The number of nitrogens with zero attached hydrogens (tertiary/aromatic N) is 2. The van der Waals surface area contributed by atoms with Crippen molar-refractivity contribution in [1.82, 2.24) is 0 Å². The van der Waals surface area contributed by atoms with Crippen LogP contribution < -0.4 is 0 Å². The number of nitro benzene ring substituents is 1. The zero-order valence-corrected chi connectivity index (χ0v) is 9.39. The van der Waals surface area contributed by atoms with Crippen molar-refractivity contribution in [2.24, 2.45) is 0 Å². The molecule has 0 amide bonds. The van der Waals surface area contributed by atoms with Crippen LogP contribution in [0.15, 0.2) is 12.1 Å². The van der Waals surface area contributed by atoms with Crippen molar-refractivity contribution >= 4 is 11.7 Å². The highest BCUT2D eigenvalue weighted by Gasteiger charge is 2.20. The zero-order chi connectivity index (χ0) is 13.0. The number of nitriles is 1. The molecule has 0 radical (unpaired) electrons. The van der Waals surface area contributed by atoms with E-state index < -0.39 is 10.9 Å². The van der Waals surface area contributed by atoms with Gasteiger partial charge in [-0.2, -0.15) is 5.26 Å². The van der Waals surface area contributed by atoms with E-state index in [0.717, 1.165) is 6.07 Å². The van der Waals surface area contributed by atoms with E-state index in [2.05, 4.69) is 0 Å². The molecule has 0 N–H and O–H groups in total. The Kier molecular flexibility index (Phi) is 3.78. The predicted octanol–water partition coefficient (Wildman–Crippen LogP) is 1.95. The molecule has 6 nitrogen and oxygen atoms in total. The van der Waals surface area contributed by atoms with Gasteiger partial charge in [-0.05, 0) is 19.4 Å². The number of carbonyl (C=O) groups excluding carboxylic acids is 1. The Morgan fingerprint density at radius 3 is 2.71 bits per heavy atom. The van der Waals surface area contributed by atoms with Gasteiger partial charge in [0.05, 0.1) is 22.7 Å². The fraction of sp³-hybridized carbons (Fsp3) is 0.273. The summed E-state index contributed by atoms with van der Waals surface area (Å²) in [6, 6.07) is 4.08. The molecule has 6 heteroatoms. The molecule has 88 valence electrons. The van der Waals surface area contributed by atoms with E-state index in [1.807, 2.05) is 0 Å². The fourth-order valence-corrected chi connectivity index (χ4v) is 1.44. The van der Waals surface area contributed by atoms with Crippen molar-refractivity contribution in [2.45, 2.75) is 13.8 Å². The topological polar surface area (TPSA) is 93.2 Å². The first-order chi connectivity index (χ1) is 8.01. The zero-order valence-electron chi connectivity index (χ0n) is 9.39. The monoisotopic (exact) mass is 234 g/mol. The van der Waals surface area contributed by atoms with Crippen molar-refractivity contribution in [1.29, 1.82) is 5.26 Å². The van der Waals surface area contributed by atoms with Gasteiger partial charge in [-0.15, -0.1) is 0 Å². The lowest BCUT2D eigenvalue weighted by Crippen LogP contribution is -2.09. The molecule has 0 heterocycles. The number of carbonyl (C=O) groups is 1. The van der Waals surface area contributed by atoms with Crippen molar-refractivity contribution in [3.63, 3.8) is 0 Å². The average molecular weight is 234 g/mol. The summed E-state index contributed by atoms with van der Waals surface area (Å²) in [6.45, 7) is 3.35. The first-order valence-electron chi connectivity index (χ1n) is 4.87. The number of hydrogen-bond acceptors (Lipinski definition) is 5. The minimum Gasteiger partial charge on any atom is -0.462 e. The third-order valence-electron chi connectivity index (χ3n) is 2.13. The molecule has 0 spiro atoms. The molecule has 0 bridgehead atoms. The van der Waals surface area contributed by atoms with Crippen LogP contribution in [0.25, 0.3) is 0 Å². The van der Waals surface area contributed by atoms with Gasteiger partial charge in [0.25, 0.3) is 5.69 Å². The standard InChI is InChI=1S/C11H10N2O4/c1-3-17-11(14)10-7(2)4-9(13(15)16)5-8(10)6-12/h4-5H,3H2,1-2H3. The predicted molar refractivity (Wildman–Crippen MR) is 58.5 cm³/mol. The lowest BCUT2D eigenvalue weighted by molar-refractivity contribution is -0.384. The first kappa shape index (κ1) is 12.6. The van der Waals surface area contributed by atoms with E-state index in [9.17, 15) is 14.9 Å². The lowest BCUT2D eigenvalue weighted by atomic mass is 10.0. The minimum atomic E-state index is -0.642. The number of nitro groups is 1. The Morgan fingerprint density at radius 2 is 2.24 bits per heavy atom. The van der Waals surface area contributed by atoms with Gasteiger partial charge in [0.1, 0.15) is 6.07 Å². The minimum absolute atomic E-state index is 0.0462. The van der Waals surface area contributed by atoms with Gasteiger partial charge in [0.15, 0.2) is 0 Å². The molecule has 17 heavy (non-hydrogen) atoms. The smallest absolute Gasteiger partial charge is 0.339 e. The molecule has 0 fully saturated rings. The van der Waals surface area contributed by atoms with Crippen LogP contribution in [0.2, 0.25) is 0 Å². The van der Waals surface area contributed by atoms with E-state index in [1.54, 1.807) is 13.0 Å². The number of benzene rings is 1. The van der Waals surface area contributed by atoms with Gasteiger partial charge in [-0.1, -0.05) is 0 Å². The van der Waals surface area contributed by atoms with Crippen LogP contribution in [0.1, 0.15) is 28.4 Å². The van der Waals surface area contributed by atoms with Crippen molar-refractivity contribution < 1.29 is 14.5 Å². The first-order valence-corrected chi connectivity index (χ1v) is 4.87. The molecule has 0 aliphatic heterocycles. The lowest BCUT2D eigenvalue weighted by Gasteiger charge is -2.07. The summed E-state index contributed by atoms with van der Waals surface area (Å²) in [5, 5.41) is 19.5. The maximum atomic E-state index is 11.6. The fourth-order valence-electron chi connectivity index (χ4n) is 1.44. The van der Waals surface area contributed by atoms with E-state index in [1.165, 1.54) is 13.0 Å². The van der Waals surface area contributed by atoms with Crippen LogP contribution in [0, 0.1) is 28.4 Å². The number of aryl methyl sites for hydroxylation is 1. The van der Waals surface area contributed by atoms with Crippen molar-refractivity contribution in [2.75, 3.05) is 6.61 Å². The Labute approximate surface area is 97.6 Å². The number of rotatable bonds is 3. The summed E-state index contributed by atoms with van der Waals surface area (Å²) < 4.78 is 4.79. The molecular weight excluding hydrogens is 224 g/mol. The number of non-ortho nitro benzene ring substituents is 1. The van der Waals surface area contributed by atoms with Gasteiger partial charge in [-0.3, -0.25) is 10.1 Å². The van der Waals surface area contributed by atoms with E-state index in [-0.39, 0.29) is 23.4 Å². The van der Waals surface area contributed by atoms with Gasteiger partial charge >= 0.3 is 5.97 Å². The van der Waals surface area contributed by atoms with Crippen molar-refractivity contribution in [3.05, 3.63) is 38.9 Å². The Hall–Kier alpha value is -2.42. The average Bonchev–Trinajstić information content (AvgIpc) is 2.27. The molecule has 0 saturated heterocycles. The van der Waals surface area contributed by atoms with Gasteiger partial charge < -0.3 is 4.74 Å². The van der Waals surface area contributed by atoms with Crippen LogP contribution in [-0.4, -0.2) is 17.5 Å². The second-order valence-electron chi connectivity index (χ2n) is 3.27. The molecule has 0 aliphatic rings. The quantitative estimate of drug-likeness (QED) is 0.452. The van der Waals surface area contributed by atoms with E-state index in [0.29, 0.717) is 5.56 Å². The molecule has 0 saturated carbocycles. The van der Waals surface area contributed by atoms with E-state index >= 15 is 0 Å².